The highest BCUT2D eigenvalue weighted by Gasteiger charge is 2.31. The molecule has 1 aliphatic heterocycles. The van der Waals surface area contributed by atoms with E-state index in [0.29, 0.717) is 43.1 Å². The zero-order chi connectivity index (χ0) is 24.2. The van der Waals surface area contributed by atoms with Crippen LogP contribution in [0.4, 0.5) is 16.2 Å². The van der Waals surface area contributed by atoms with Crippen LogP contribution < -0.4 is 15.5 Å². The molecule has 1 atom stereocenters. The van der Waals surface area contributed by atoms with Gasteiger partial charge in [0.1, 0.15) is 11.7 Å². The summed E-state index contributed by atoms with van der Waals surface area (Å²) in [5, 5.41) is 15.1. The molecule has 0 aliphatic carbocycles. The molecule has 4 N–H and O–H groups in total. The third kappa shape index (κ3) is 4.77. The maximum atomic E-state index is 12.9. The Morgan fingerprint density at radius 3 is 2.53 bits per heavy atom. The Morgan fingerprint density at radius 1 is 1.12 bits per heavy atom. The van der Waals surface area contributed by atoms with Gasteiger partial charge >= 0.3 is 6.09 Å². The van der Waals surface area contributed by atoms with E-state index in [1.165, 1.54) is 6.20 Å². The van der Waals surface area contributed by atoms with Crippen LogP contribution in [0.1, 0.15) is 24.2 Å². The van der Waals surface area contributed by atoms with E-state index in [1.54, 1.807) is 35.6 Å². The van der Waals surface area contributed by atoms with Crippen LogP contribution in [0.5, 0.6) is 0 Å². The molecular weight excluding hydrogens is 438 g/mol. The molecule has 178 valence electrons. The van der Waals surface area contributed by atoms with Crippen LogP contribution in [0, 0.1) is 5.92 Å². The molecule has 1 fully saturated rings. The number of H-pyrrole nitrogens is 1. The maximum Gasteiger partial charge on any atom is 0.405 e. The zero-order valence-electron chi connectivity index (χ0n) is 19.0. The van der Waals surface area contributed by atoms with Gasteiger partial charge in [-0.3, -0.25) is 14.6 Å². The molecule has 0 aromatic carbocycles. The second kappa shape index (κ2) is 9.77. The molecule has 1 aliphatic rings. The molecule has 34 heavy (non-hydrogen) atoms. The largest absolute Gasteiger partial charge is 0.465 e. The molecule has 11 nitrogen and oxygen atoms in total. The molecule has 11 heteroatoms. The van der Waals surface area contributed by atoms with Gasteiger partial charge in [0.25, 0.3) is 5.91 Å². The number of rotatable bonds is 6. The summed E-state index contributed by atoms with van der Waals surface area (Å²) in [5.74, 6) is -0.653. The molecule has 1 unspecified atom stereocenters. The average Bonchev–Trinajstić information content (AvgIpc) is 3.25. The first kappa shape index (κ1) is 23.0. The van der Waals surface area contributed by atoms with E-state index in [4.69, 9.17) is 5.11 Å². The highest BCUT2D eigenvalue weighted by molar-refractivity contribution is 6.11. The van der Waals surface area contributed by atoms with Crippen LogP contribution >= 0.6 is 0 Å². The molecular formula is C23H27N7O4. The minimum absolute atomic E-state index is 0.160. The quantitative estimate of drug-likeness (QED) is 0.437. The fourth-order valence-corrected chi connectivity index (χ4v) is 4.10. The van der Waals surface area contributed by atoms with Crippen LogP contribution in [0.15, 0.2) is 43.0 Å². The number of pyridine rings is 2. The molecule has 0 saturated carbocycles. The number of fused-ring (bicyclic) bond motifs is 1. The van der Waals surface area contributed by atoms with Crippen molar-refractivity contribution in [3.8, 4) is 0 Å². The van der Waals surface area contributed by atoms with E-state index in [0.717, 1.165) is 11.1 Å². The predicted octanol–water partition coefficient (Wildman–Crippen LogP) is 2.15. The van der Waals surface area contributed by atoms with Crippen LogP contribution in [-0.4, -0.2) is 75.1 Å². The fraction of sp³-hybridized carbons (Fsp3) is 0.348. The summed E-state index contributed by atoms with van der Waals surface area (Å²) in [6, 6.07) is 4.50. The third-order valence-electron chi connectivity index (χ3n) is 5.87. The number of carbonyl (C=O) groups excluding carboxylic acids is 2. The van der Waals surface area contributed by atoms with Gasteiger partial charge < -0.3 is 30.5 Å². The number of aromatic nitrogens is 3. The van der Waals surface area contributed by atoms with Gasteiger partial charge in [0.15, 0.2) is 0 Å². The summed E-state index contributed by atoms with van der Waals surface area (Å²) in [6.45, 7) is 5.66. The van der Waals surface area contributed by atoms with Crippen LogP contribution in [0.25, 0.3) is 11.0 Å². The Bertz CT molecular complexity index is 1190. The van der Waals surface area contributed by atoms with Crippen LogP contribution in [0.3, 0.4) is 0 Å². The molecule has 3 amide bonds. The van der Waals surface area contributed by atoms with E-state index in [-0.39, 0.29) is 17.7 Å². The normalized spacial score (nSPS) is 14.8. The summed E-state index contributed by atoms with van der Waals surface area (Å²) >= 11 is 0. The van der Waals surface area contributed by atoms with Gasteiger partial charge in [-0.25, -0.2) is 9.78 Å². The van der Waals surface area contributed by atoms with Crippen LogP contribution in [0.2, 0.25) is 0 Å². The van der Waals surface area contributed by atoms with Crippen molar-refractivity contribution in [2.75, 3.05) is 36.4 Å². The Kier molecular flexibility index (Phi) is 6.62. The van der Waals surface area contributed by atoms with Crippen molar-refractivity contribution in [3.05, 3.63) is 48.5 Å². The number of nitrogens with one attached hydrogen (secondary N) is 3. The summed E-state index contributed by atoms with van der Waals surface area (Å²) < 4.78 is 0. The fourth-order valence-electron chi connectivity index (χ4n) is 4.10. The number of hydrogen-bond donors (Lipinski definition) is 4. The lowest BCUT2D eigenvalue weighted by atomic mass is 10.0. The molecule has 1 saturated heterocycles. The van der Waals surface area contributed by atoms with E-state index in [9.17, 15) is 14.4 Å². The van der Waals surface area contributed by atoms with Crippen molar-refractivity contribution in [1.29, 1.82) is 0 Å². The lowest BCUT2D eigenvalue weighted by Crippen LogP contribution is -2.56. The smallest absolute Gasteiger partial charge is 0.405 e. The standard InChI is InChI=1S/C23H27N7O4/c1-14(2)19(28-23(33)34)22(32)30-10-8-29(9-11-30)17-5-7-25-20-18(17)16(13-26-20)27-21(31)15-4-3-6-24-12-15/h3-7,12-14,19,28H,8-11H2,1-2H3,(H,25,26)(H,27,31)(H,33,34). The van der Waals surface area contributed by atoms with E-state index in [1.807, 2.05) is 19.9 Å². The Hall–Kier alpha value is -4.15. The lowest BCUT2D eigenvalue weighted by Gasteiger charge is -2.38. The highest BCUT2D eigenvalue weighted by Crippen LogP contribution is 2.32. The summed E-state index contributed by atoms with van der Waals surface area (Å²) in [4.78, 5) is 52.0. The predicted molar refractivity (Wildman–Crippen MR) is 127 cm³/mol. The van der Waals surface area contributed by atoms with Gasteiger partial charge in [-0.2, -0.15) is 0 Å². The first-order valence-corrected chi connectivity index (χ1v) is 11.1. The number of nitrogens with zero attached hydrogens (tertiary/aromatic N) is 4. The topological polar surface area (TPSA) is 144 Å². The van der Waals surface area contributed by atoms with E-state index >= 15 is 0 Å². The number of piperazine rings is 1. The number of carboxylic acid groups (broad SMARTS) is 1. The second-order valence-corrected chi connectivity index (χ2v) is 8.44. The van der Waals surface area contributed by atoms with Gasteiger partial charge in [-0.05, 0) is 24.1 Å². The average molecular weight is 466 g/mol. The van der Waals surface area contributed by atoms with Gasteiger partial charge in [-0.15, -0.1) is 0 Å². The molecule has 4 rings (SSSR count). The molecule has 4 heterocycles. The Labute approximate surface area is 196 Å². The SMILES string of the molecule is CC(C)C(NC(=O)O)C(=O)N1CCN(c2ccnc3[nH]cc(NC(=O)c4cccnc4)c23)CC1. The Balaban J connectivity index is 1.51. The lowest BCUT2D eigenvalue weighted by molar-refractivity contribution is -0.134. The zero-order valence-corrected chi connectivity index (χ0v) is 19.0. The van der Waals surface area contributed by atoms with Crippen molar-refractivity contribution in [2.45, 2.75) is 19.9 Å². The maximum absolute atomic E-state index is 12.9. The first-order chi connectivity index (χ1) is 16.3. The third-order valence-corrected chi connectivity index (χ3v) is 5.87. The van der Waals surface area contributed by atoms with Crippen molar-refractivity contribution in [1.82, 2.24) is 25.2 Å². The summed E-state index contributed by atoms with van der Waals surface area (Å²) in [7, 11) is 0. The van der Waals surface area contributed by atoms with E-state index in [2.05, 4.69) is 30.5 Å². The highest BCUT2D eigenvalue weighted by atomic mass is 16.4. The number of anilines is 2. The van der Waals surface area contributed by atoms with Crippen molar-refractivity contribution >= 4 is 40.3 Å². The van der Waals surface area contributed by atoms with Gasteiger partial charge in [0.05, 0.1) is 22.3 Å². The molecule has 3 aromatic rings. The minimum atomic E-state index is -1.21. The monoisotopic (exact) mass is 465 g/mol. The van der Waals surface area contributed by atoms with E-state index < -0.39 is 12.1 Å². The van der Waals surface area contributed by atoms with Crippen molar-refractivity contribution in [3.63, 3.8) is 0 Å². The Morgan fingerprint density at radius 2 is 1.88 bits per heavy atom. The summed E-state index contributed by atoms with van der Waals surface area (Å²) in [6.07, 6.45) is 5.31. The molecule has 3 aromatic heterocycles. The van der Waals surface area contributed by atoms with Gasteiger partial charge in [-0.1, -0.05) is 13.8 Å². The number of aromatic amines is 1. The van der Waals surface area contributed by atoms with Gasteiger partial charge in [0, 0.05) is 51.0 Å². The minimum Gasteiger partial charge on any atom is -0.465 e. The number of carbonyl (C=O) groups is 3. The van der Waals surface area contributed by atoms with Crippen LogP contribution in [-0.2, 0) is 4.79 Å². The van der Waals surface area contributed by atoms with Gasteiger partial charge in [0.2, 0.25) is 5.91 Å². The second-order valence-electron chi connectivity index (χ2n) is 8.44. The molecule has 0 spiro atoms. The number of hydrogen-bond acceptors (Lipinski definition) is 6. The number of amides is 3. The van der Waals surface area contributed by atoms with Crippen molar-refractivity contribution in [2.24, 2.45) is 5.92 Å². The van der Waals surface area contributed by atoms with Crippen molar-refractivity contribution < 1.29 is 19.5 Å². The molecule has 0 bridgehead atoms. The summed E-state index contributed by atoms with van der Waals surface area (Å²) in [5.41, 5.74) is 2.59. The first-order valence-electron chi connectivity index (χ1n) is 11.1. The molecule has 0 radical (unpaired) electrons.